The molecular formula is C15H15N3O3. The fraction of sp³-hybridized carbons (Fsp3) is 0.200. The number of rotatable bonds is 4. The summed E-state index contributed by atoms with van der Waals surface area (Å²) in [4.78, 5) is 16.7. The minimum Gasteiger partial charge on any atom is -0.497 e. The van der Waals surface area contributed by atoms with Gasteiger partial charge >= 0.3 is 0 Å². The van der Waals surface area contributed by atoms with Crippen LogP contribution in [0.15, 0.2) is 52.1 Å². The minimum atomic E-state index is -1.10. The van der Waals surface area contributed by atoms with E-state index >= 15 is 0 Å². The highest BCUT2D eigenvalue weighted by molar-refractivity contribution is 6.07. The molecule has 0 saturated heterocycles. The molecule has 2 heterocycles. The third-order valence-electron chi connectivity index (χ3n) is 3.51. The first kappa shape index (κ1) is 13.2. The maximum Gasteiger partial charge on any atom is 0.259 e. The van der Waals surface area contributed by atoms with Gasteiger partial charge in [0.15, 0.2) is 11.5 Å². The van der Waals surface area contributed by atoms with Crippen molar-refractivity contribution >= 4 is 11.9 Å². The number of carbonyl (C=O) groups excluding carboxylic acids is 1. The summed E-state index contributed by atoms with van der Waals surface area (Å²) in [6.45, 7) is 0. The molecule has 21 heavy (non-hydrogen) atoms. The number of guanidine groups is 1. The van der Waals surface area contributed by atoms with Gasteiger partial charge in [0.05, 0.1) is 13.4 Å². The van der Waals surface area contributed by atoms with Crippen molar-refractivity contribution in [1.82, 2.24) is 5.32 Å². The quantitative estimate of drug-likeness (QED) is 0.882. The molecule has 1 aromatic heterocycles. The molecule has 108 valence electrons. The molecule has 0 aliphatic carbocycles. The second kappa shape index (κ2) is 4.97. The van der Waals surface area contributed by atoms with E-state index in [-0.39, 0.29) is 11.9 Å². The van der Waals surface area contributed by atoms with Crippen molar-refractivity contribution in [1.29, 1.82) is 0 Å². The number of carbonyl (C=O) groups is 1. The molecule has 0 bridgehead atoms. The van der Waals surface area contributed by atoms with E-state index in [1.165, 1.54) is 0 Å². The third kappa shape index (κ3) is 2.24. The molecular weight excluding hydrogens is 270 g/mol. The number of ether oxygens (including phenoxy) is 1. The smallest absolute Gasteiger partial charge is 0.259 e. The number of methoxy groups -OCH3 is 1. The van der Waals surface area contributed by atoms with Crippen molar-refractivity contribution < 1.29 is 13.9 Å². The zero-order valence-electron chi connectivity index (χ0n) is 11.5. The van der Waals surface area contributed by atoms with Crippen LogP contribution in [0.5, 0.6) is 5.75 Å². The molecule has 0 fully saturated rings. The lowest BCUT2D eigenvalue weighted by Gasteiger charge is -2.23. The van der Waals surface area contributed by atoms with Crippen LogP contribution in [0.2, 0.25) is 0 Å². The highest BCUT2D eigenvalue weighted by atomic mass is 16.5. The van der Waals surface area contributed by atoms with Crippen LogP contribution in [0.1, 0.15) is 11.3 Å². The lowest BCUT2D eigenvalue weighted by atomic mass is 9.86. The van der Waals surface area contributed by atoms with Crippen LogP contribution < -0.4 is 15.8 Å². The van der Waals surface area contributed by atoms with Gasteiger partial charge in [0.2, 0.25) is 0 Å². The molecule has 6 nitrogen and oxygen atoms in total. The summed E-state index contributed by atoms with van der Waals surface area (Å²) < 4.78 is 10.5. The Morgan fingerprint density at radius 2 is 2.10 bits per heavy atom. The van der Waals surface area contributed by atoms with E-state index in [4.69, 9.17) is 14.9 Å². The SMILES string of the molecule is COc1ccc([C@@]2(Cc3ccco3)N=C(N)NC2=O)cc1. The van der Waals surface area contributed by atoms with Crippen LogP contribution in [-0.2, 0) is 16.8 Å². The van der Waals surface area contributed by atoms with Gasteiger partial charge in [0.1, 0.15) is 11.5 Å². The Morgan fingerprint density at radius 3 is 2.62 bits per heavy atom. The Balaban J connectivity index is 2.05. The molecule has 1 aromatic carbocycles. The van der Waals surface area contributed by atoms with Crippen LogP contribution >= 0.6 is 0 Å². The fourth-order valence-electron chi connectivity index (χ4n) is 2.45. The molecule has 1 atom stereocenters. The average Bonchev–Trinajstić information content (AvgIpc) is 3.08. The summed E-state index contributed by atoms with van der Waals surface area (Å²) in [6.07, 6.45) is 1.87. The molecule has 3 N–H and O–H groups in total. The molecule has 6 heteroatoms. The number of amides is 1. The summed E-state index contributed by atoms with van der Waals surface area (Å²) >= 11 is 0. The summed E-state index contributed by atoms with van der Waals surface area (Å²) in [7, 11) is 1.59. The Kier molecular flexibility index (Phi) is 3.13. The van der Waals surface area contributed by atoms with Crippen LogP contribution in [0.25, 0.3) is 0 Å². The topological polar surface area (TPSA) is 89.8 Å². The number of hydrogen-bond acceptors (Lipinski definition) is 5. The molecule has 0 saturated carbocycles. The van der Waals surface area contributed by atoms with Gasteiger partial charge in [-0.2, -0.15) is 0 Å². The lowest BCUT2D eigenvalue weighted by molar-refractivity contribution is -0.124. The van der Waals surface area contributed by atoms with Gasteiger partial charge in [-0.3, -0.25) is 10.1 Å². The summed E-state index contributed by atoms with van der Waals surface area (Å²) in [6, 6.07) is 10.8. The summed E-state index contributed by atoms with van der Waals surface area (Å²) in [5, 5.41) is 2.56. The third-order valence-corrected chi connectivity index (χ3v) is 3.51. The van der Waals surface area contributed by atoms with Crippen LogP contribution in [0.3, 0.4) is 0 Å². The largest absolute Gasteiger partial charge is 0.497 e. The van der Waals surface area contributed by atoms with Crippen molar-refractivity contribution in [2.75, 3.05) is 7.11 Å². The summed E-state index contributed by atoms with van der Waals surface area (Å²) in [5.41, 5.74) is 5.32. The standard InChI is InChI=1S/C15H15N3O3/c1-20-11-6-4-10(5-7-11)15(9-12-3-2-8-21-12)13(19)17-14(16)18-15/h2-8H,9H2,1H3,(H3,16,17,18,19)/t15-/m1/s1. The highest BCUT2D eigenvalue weighted by Crippen LogP contribution is 2.34. The van der Waals surface area contributed by atoms with Crippen LogP contribution in [0, 0.1) is 0 Å². The normalized spacial score (nSPS) is 21.0. The van der Waals surface area contributed by atoms with Crippen molar-refractivity contribution in [3.8, 4) is 5.75 Å². The van der Waals surface area contributed by atoms with Gasteiger partial charge in [-0.25, -0.2) is 4.99 Å². The number of nitrogens with one attached hydrogen (secondary N) is 1. The molecule has 0 spiro atoms. The number of nitrogens with zero attached hydrogens (tertiary/aromatic N) is 1. The minimum absolute atomic E-state index is 0.113. The Morgan fingerprint density at radius 1 is 1.33 bits per heavy atom. The van der Waals surface area contributed by atoms with Crippen molar-refractivity contribution in [2.24, 2.45) is 10.7 Å². The van der Waals surface area contributed by atoms with Crippen molar-refractivity contribution in [3.63, 3.8) is 0 Å². The number of benzene rings is 1. The van der Waals surface area contributed by atoms with E-state index in [2.05, 4.69) is 10.3 Å². The van der Waals surface area contributed by atoms with E-state index in [0.29, 0.717) is 17.9 Å². The number of hydrogen-bond donors (Lipinski definition) is 2. The highest BCUT2D eigenvalue weighted by Gasteiger charge is 2.45. The van der Waals surface area contributed by atoms with E-state index in [9.17, 15) is 4.79 Å². The van der Waals surface area contributed by atoms with E-state index in [0.717, 1.165) is 5.56 Å². The fourth-order valence-corrected chi connectivity index (χ4v) is 2.45. The van der Waals surface area contributed by atoms with Crippen molar-refractivity contribution in [2.45, 2.75) is 12.0 Å². The van der Waals surface area contributed by atoms with Crippen molar-refractivity contribution in [3.05, 3.63) is 54.0 Å². The van der Waals surface area contributed by atoms with E-state index in [1.54, 1.807) is 31.6 Å². The van der Waals surface area contributed by atoms with Gasteiger partial charge in [0, 0.05) is 6.42 Å². The molecule has 0 unspecified atom stereocenters. The molecule has 0 radical (unpaired) electrons. The first-order chi connectivity index (χ1) is 10.1. The molecule has 2 aromatic rings. The van der Waals surface area contributed by atoms with E-state index in [1.807, 2.05) is 18.2 Å². The molecule has 1 aliphatic rings. The monoisotopic (exact) mass is 285 g/mol. The predicted octanol–water partition coefficient (Wildman–Crippen LogP) is 1.17. The first-order valence-electron chi connectivity index (χ1n) is 6.48. The molecule has 1 amide bonds. The maximum atomic E-state index is 12.4. The zero-order valence-corrected chi connectivity index (χ0v) is 11.5. The average molecular weight is 285 g/mol. The summed E-state index contributed by atoms with van der Waals surface area (Å²) in [5.74, 6) is 1.23. The number of aliphatic imine (C=N–C) groups is 1. The van der Waals surface area contributed by atoms with Crippen LogP contribution in [-0.4, -0.2) is 19.0 Å². The Labute approximate surface area is 121 Å². The van der Waals surface area contributed by atoms with Gasteiger partial charge < -0.3 is 14.9 Å². The molecule has 3 rings (SSSR count). The van der Waals surface area contributed by atoms with Crippen LogP contribution in [0.4, 0.5) is 0 Å². The van der Waals surface area contributed by atoms with Gasteiger partial charge in [-0.15, -0.1) is 0 Å². The Bertz CT molecular complexity index is 677. The van der Waals surface area contributed by atoms with Gasteiger partial charge in [-0.05, 0) is 29.8 Å². The molecule has 1 aliphatic heterocycles. The first-order valence-corrected chi connectivity index (χ1v) is 6.48. The lowest BCUT2D eigenvalue weighted by Crippen LogP contribution is -2.40. The van der Waals surface area contributed by atoms with Gasteiger partial charge in [0.25, 0.3) is 5.91 Å². The van der Waals surface area contributed by atoms with Gasteiger partial charge in [-0.1, -0.05) is 12.1 Å². The number of furan rings is 1. The van der Waals surface area contributed by atoms with E-state index < -0.39 is 5.54 Å². The second-order valence-electron chi connectivity index (χ2n) is 4.80. The predicted molar refractivity (Wildman–Crippen MR) is 76.8 cm³/mol. The second-order valence-corrected chi connectivity index (χ2v) is 4.80. The number of nitrogens with two attached hydrogens (primary N) is 1. The maximum absolute atomic E-state index is 12.4. The Hall–Kier alpha value is -2.76. The zero-order chi connectivity index (χ0) is 14.9.